The molecule has 1 rings (SSSR count). The molecule has 0 radical (unpaired) electrons. The van der Waals surface area contributed by atoms with Crippen LogP contribution in [0.5, 0.6) is 0 Å². The number of carbonyl (C=O) groups excluding carboxylic acids is 1. The van der Waals surface area contributed by atoms with Crippen LogP contribution in [0.4, 0.5) is 0 Å². The van der Waals surface area contributed by atoms with Gasteiger partial charge in [-0.3, -0.25) is 14.5 Å². The Bertz CT molecular complexity index is 362. The quantitative estimate of drug-likeness (QED) is 0.691. The highest BCUT2D eigenvalue weighted by Gasteiger charge is 2.32. The predicted molar refractivity (Wildman–Crippen MR) is 64.6 cm³/mol. The van der Waals surface area contributed by atoms with Gasteiger partial charge in [0.2, 0.25) is 5.91 Å². The lowest BCUT2D eigenvalue weighted by Crippen LogP contribution is -2.53. The maximum atomic E-state index is 11.6. The van der Waals surface area contributed by atoms with Crippen molar-refractivity contribution in [1.29, 1.82) is 5.26 Å². The lowest BCUT2D eigenvalue weighted by atomic mass is 9.94. The predicted octanol–water partition coefficient (Wildman–Crippen LogP) is 0.0573. The number of nitrogens with one attached hydrogen (secondary N) is 1. The van der Waals surface area contributed by atoms with E-state index in [0.717, 1.165) is 0 Å². The van der Waals surface area contributed by atoms with E-state index in [2.05, 4.69) is 5.32 Å². The van der Waals surface area contributed by atoms with E-state index in [4.69, 9.17) is 10.4 Å². The SMILES string of the molecule is CC(C)C(=O)NC1CC(C(=O)O)CN(CC#N)C1. The molecule has 1 aliphatic heterocycles. The zero-order valence-corrected chi connectivity index (χ0v) is 10.7. The lowest BCUT2D eigenvalue weighted by Gasteiger charge is -2.35. The molecule has 0 aromatic carbocycles. The molecule has 2 atom stereocenters. The molecule has 1 aliphatic rings. The van der Waals surface area contributed by atoms with Crippen LogP contribution in [-0.4, -0.2) is 47.6 Å². The number of hydrogen-bond acceptors (Lipinski definition) is 4. The molecule has 0 bridgehead atoms. The van der Waals surface area contributed by atoms with Crippen molar-refractivity contribution in [2.75, 3.05) is 19.6 Å². The van der Waals surface area contributed by atoms with Gasteiger partial charge in [0, 0.05) is 25.0 Å². The van der Waals surface area contributed by atoms with Crippen LogP contribution in [0.2, 0.25) is 0 Å². The third kappa shape index (κ3) is 4.00. The van der Waals surface area contributed by atoms with Crippen molar-refractivity contribution < 1.29 is 14.7 Å². The number of hydrogen-bond donors (Lipinski definition) is 2. The number of carboxylic acids is 1. The molecular formula is C12H19N3O3. The van der Waals surface area contributed by atoms with Crippen molar-refractivity contribution in [2.24, 2.45) is 11.8 Å². The van der Waals surface area contributed by atoms with Crippen LogP contribution in [-0.2, 0) is 9.59 Å². The molecule has 2 N–H and O–H groups in total. The zero-order chi connectivity index (χ0) is 13.7. The Morgan fingerprint density at radius 2 is 2.17 bits per heavy atom. The Labute approximate surface area is 107 Å². The summed E-state index contributed by atoms with van der Waals surface area (Å²) in [7, 11) is 0. The second-order valence-corrected chi connectivity index (χ2v) is 4.98. The monoisotopic (exact) mass is 253 g/mol. The summed E-state index contributed by atoms with van der Waals surface area (Å²) >= 11 is 0. The van der Waals surface area contributed by atoms with Crippen LogP contribution in [0.1, 0.15) is 20.3 Å². The number of carboxylic acid groups (broad SMARTS) is 1. The zero-order valence-electron chi connectivity index (χ0n) is 10.7. The first-order valence-electron chi connectivity index (χ1n) is 6.06. The highest BCUT2D eigenvalue weighted by molar-refractivity contribution is 5.78. The number of aliphatic carboxylic acids is 1. The van der Waals surface area contributed by atoms with Crippen LogP contribution in [0.15, 0.2) is 0 Å². The third-order valence-electron chi connectivity index (χ3n) is 3.04. The van der Waals surface area contributed by atoms with Crippen molar-refractivity contribution >= 4 is 11.9 Å². The van der Waals surface area contributed by atoms with Crippen molar-refractivity contribution in [3.05, 3.63) is 0 Å². The molecule has 0 spiro atoms. The molecule has 0 saturated carbocycles. The minimum absolute atomic E-state index is 0.0806. The van der Waals surface area contributed by atoms with E-state index in [0.29, 0.717) is 19.5 Å². The molecule has 1 fully saturated rings. The van der Waals surface area contributed by atoms with Crippen molar-refractivity contribution in [2.45, 2.75) is 26.3 Å². The van der Waals surface area contributed by atoms with Gasteiger partial charge in [0.1, 0.15) is 0 Å². The highest BCUT2D eigenvalue weighted by Crippen LogP contribution is 2.17. The van der Waals surface area contributed by atoms with Gasteiger partial charge in [-0.1, -0.05) is 13.8 Å². The van der Waals surface area contributed by atoms with Crippen LogP contribution < -0.4 is 5.32 Å². The first-order valence-corrected chi connectivity index (χ1v) is 6.06. The summed E-state index contributed by atoms with van der Waals surface area (Å²) in [4.78, 5) is 24.4. The maximum absolute atomic E-state index is 11.6. The average molecular weight is 253 g/mol. The Morgan fingerprint density at radius 1 is 1.50 bits per heavy atom. The summed E-state index contributed by atoms with van der Waals surface area (Å²) in [5, 5.41) is 20.6. The van der Waals surface area contributed by atoms with Gasteiger partial charge in [0.05, 0.1) is 18.5 Å². The second-order valence-electron chi connectivity index (χ2n) is 4.98. The second kappa shape index (κ2) is 6.36. The highest BCUT2D eigenvalue weighted by atomic mass is 16.4. The molecule has 1 heterocycles. The Hall–Kier alpha value is -1.61. The van der Waals surface area contributed by atoms with Crippen LogP contribution in [0, 0.1) is 23.2 Å². The van der Waals surface area contributed by atoms with Crippen molar-refractivity contribution in [3.8, 4) is 6.07 Å². The molecule has 100 valence electrons. The number of rotatable bonds is 4. The molecular weight excluding hydrogens is 234 g/mol. The number of nitrogens with zero attached hydrogens (tertiary/aromatic N) is 2. The summed E-state index contributed by atoms with van der Waals surface area (Å²) in [6, 6.07) is 1.82. The molecule has 1 amide bonds. The molecule has 1 saturated heterocycles. The fourth-order valence-electron chi connectivity index (χ4n) is 2.07. The van der Waals surface area contributed by atoms with Gasteiger partial charge < -0.3 is 10.4 Å². The molecule has 2 unspecified atom stereocenters. The van der Waals surface area contributed by atoms with Gasteiger partial charge in [-0.25, -0.2) is 0 Å². The number of carbonyl (C=O) groups is 2. The van der Waals surface area contributed by atoms with Gasteiger partial charge in [-0.05, 0) is 6.42 Å². The minimum atomic E-state index is -0.874. The summed E-state index contributed by atoms with van der Waals surface area (Å²) in [5.74, 6) is -1.60. The van der Waals surface area contributed by atoms with E-state index in [1.54, 1.807) is 18.7 Å². The largest absolute Gasteiger partial charge is 0.481 e. The van der Waals surface area contributed by atoms with Crippen LogP contribution >= 0.6 is 0 Å². The molecule has 0 aromatic rings. The topological polar surface area (TPSA) is 93.4 Å². The average Bonchev–Trinajstić information content (AvgIpc) is 2.28. The lowest BCUT2D eigenvalue weighted by molar-refractivity contribution is -0.144. The first-order chi connectivity index (χ1) is 8.43. The van der Waals surface area contributed by atoms with E-state index in [-0.39, 0.29) is 24.4 Å². The molecule has 18 heavy (non-hydrogen) atoms. The number of piperidine rings is 1. The van der Waals surface area contributed by atoms with E-state index >= 15 is 0 Å². The minimum Gasteiger partial charge on any atom is -0.481 e. The normalized spacial score (nSPS) is 24.6. The van der Waals surface area contributed by atoms with Crippen LogP contribution in [0.25, 0.3) is 0 Å². The van der Waals surface area contributed by atoms with E-state index < -0.39 is 11.9 Å². The van der Waals surface area contributed by atoms with E-state index in [1.807, 2.05) is 6.07 Å². The van der Waals surface area contributed by atoms with Gasteiger partial charge in [0.15, 0.2) is 0 Å². The molecule has 0 aliphatic carbocycles. The van der Waals surface area contributed by atoms with Crippen molar-refractivity contribution in [1.82, 2.24) is 10.2 Å². The molecule has 6 heteroatoms. The summed E-state index contributed by atoms with van der Waals surface area (Å²) in [5.41, 5.74) is 0. The Kier molecular flexibility index (Phi) is 5.10. The third-order valence-corrected chi connectivity index (χ3v) is 3.04. The number of nitriles is 1. The molecule has 6 nitrogen and oxygen atoms in total. The Balaban J connectivity index is 2.64. The number of amides is 1. The van der Waals surface area contributed by atoms with Crippen molar-refractivity contribution in [3.63, 3.8) is 0 Å². The van der Waals surface area contributed by atoms with Gasteiger partial charge in [-0.15, -0.1) is 0 Å². The maximum Gasteiger partial charge on any atom is 0.307 e. The van der Waals surface area contributed by atoms with Crippen LogP contribution in [0.3, 0.4) is 0 Å². The first kappa shape index (κ1) is 14.5. The smallest absolute Gasteiger partial charge is 0.307 e. The number of likely N-dealkylation sites (tertiary alicyclic amines) is 1. The van der Waals surface area contributed by atoms with Gasteiger partial charge >= 0.3 is 5.97 Å². The fraction of sp³-hybridized carbons (Fsp3) is 0.750. The standard InChI is InChI=1S/C12H19N3O3/c1-8(2)11(16)14-10-5-9(12(17)18)6-15(7-10)4-3-13/h8-10H,4-7H2,1-2H3,(H,14,16)(H,17,18). The van der Waals surface area contributed by atoms with E-state index in [1.165, 1.54) is 0 Å². The molecule has 0 aromatic heterocycles. The fourth-order valence-corrected chi connectivity index (χ4v) is 2.07. The summed E-state index contributed by atoms with van der Waals surface area (Å²) < 4.78 is 0. The summed E-state index contributed by atoms with van der Waals surface area (Å²) in [6.07, 6.45) is 0.426. The van der Waals surface area contributed by atoms with E-state index in [9.17, 15) is 9.59 Å². The van der Waals surface area contributed by atoms with Gasteiger partial charge in [0.25, 0.3) is 0 Å². The Morgan fingerprint density at radius 3 is 2.67 bits per heavy atom. The summed E-state index contributed by atoms with van der Waals surface area (Å²) in [6.45, 7) is 4.68. The van der Waals surface area contributed by atoms with Gasteiger partial charge in [-0.2, -0.15) is 5.26 Å².